The molecule has 2 saturated heterocycles. The van der Waals surface area contributed by atoms with Crippen LogP contribution in [0.15, 0.2) is 35.4 Å². The predicted molar refractivity (Wildman–Crippen MR) is 93.9 cm³/mol. The van der Waals surface area contributed by atoms with Crippen LogP contribution in [0, 0.1) is 0 Å². The number of nitrogens with zero attached hydrogens (tertiary/aromatic N) is 4. The first-order chi connectivity index (χ1) is 12.2. The number of carbonyl (C=O) groups excluding carboxylic acids is 2. The van der Waals surface area contributed by atoms with Crippen LogP contribution in [0.3, 0.4) is 0 Å². The second-order valence-corrected chi connectivity index (χ2v) is 8.34. The Bertz CT molecular complexity index is 823. The van der Waals surface area contributed by atoms with Crippen molar-refractivity contribution in [3.8, 4) is 0 Å². The average molecular weight is 375 g/mol. The van der Waals surface area contributed by atoms with Gasteiger partial charge in [0.15, 0.2) is 0 Å². The number of carbonyl (C=O) groups is 3. The summed E-state index contributed by atoms with van der Waals surface area (Å²) < 4.78 is -1.02. The summed E-state index contributed by atoms with van der Waals surface area (Å²) in [6.07, 6.45) is -0.0108. The molecule has 3 rings (SSSR count). The minimum atomic E-state index is -1.91. The fourth-order valence-corrected chi connectivity index (χ4v) is 5.09. The summed E-state index contributed by atoms with van der Waals surface area (Å²) in [4.78, 5) is 40.9. The lowest BCUT2D eigenvalue weighted by Gasteiger charge is -2.48. The van der Waals surface area contributed by atoms with E-state index >= 15 is 0 Å². The molecule has 2 heterocycles. The van der Waals surface area contributed by atoms with E-state index in [0.717, 1.165) is 10.5 Å². The second-order valence-electron chi connectivity index (χ2n) is 6.60. The molecule has 2 amide bonds. The third-order valence-electron chi connectivity index (χ3n) is 4.68. The zero-order chi connectivity index (χ0) is 19.1. The molecule has 9 nitrogen and oxygen atoms in total. The van der Waals surface area contributed by atoms with Crippen molar-refractivity contribution in [2.45, 2.75) is 42.1 Å². The van der Waals surface area contributed by atoms with Gasteiger partial charge in [-0.05, 0) is 24.9 Å². The number of hydrogen-bond donors (Lipinski definition) is 2. The van der Waals surface area contributed by atoms with Crippen molar-refractivity contribution < 1.29 is 19.5 Å². The number of nitrogens with one attached hydrogen (secondary N) is 1. The van der Waals surface area contributed by atoms with Crippen LogP contribution in [-0.2, 0) is 20.8 Å². The summed E-state index contributed by atoms with van der Waals surface area (Å²) >= 11 is 1.20. The van der Waals surface area contributed by atoms with Crippen LogP contribution >= 0.6 is 11.8 Å². The van der Waals surface area contributed by atoms with Crippen molar-refractivity contribution in [3.05, 3.63) is 46.3 Å². The Hall–Kier alpha value is -2.71. The van der Waals surface area contributed by atoms with Crippen molar-refractivity contribution in [1.29, 1.82) is 0 Å². The highest BCUT2D eigenvalue weighted by Gasteiger charge is 2.73. The van der Waals surface area contributed by atoms with Gasteiger partial charge in [0.25, 0.3) is 0 Å². The third kappa shape index (κ3) is 2.49. The molecular weight excluding hydrogens is 358 g/mol. The molecule has 0 radical (unpaired) electrons. The fraction of sp³-hybridized carbons (Fsp3) is 0.438. The lowest BCUT2D eigenvalue weighted by molar-refractivity contribution is -0.174. The van der Waals surface area contributed by atoms with Gasteiger partial charge >= 0.3 is 5.97 Å². The Morgan fingerprint density at radius 3 is 2.62 bits per heavy atom. The molecule has 10 heteroatoms. The number of fused-ring (bicyclic) bond motifs is 1. The van der Waals surface area contributed by atoms with Gasteiger partial charge in [0.05, 0.1) is 16.5 Å². The van der Waals surface area contributed by atoms with Gasteiger partial charge in [-0.2, -0.15) is 0 Å². The number of benzene rings is 1. The number of carboxylic acids is 1. The standard InChI is InChI=1S/C16H17N5O4S/c1-15(2)16(14(24)25,18-10(22)8-9-6-4-3-5-7-9)21-12(23)11(19-20-17)13(21)26-15/h3-7,11,13H,8H2,1-2H3,(H,18,22)(H,24,25)/t11-,13-,16+/m1/s1. The Labute approximate surface area is 153 Å². The fourth-order valence-electron chi connectivity index (χ4n) is 3.41. The number of carboxylic acid groups (broad SMARTS) is 1. The topological polar surface area (TPSA) is 135 Å². The van der Waals surface area contributed by atoms with E-state index in [9.17, 15) is 19.5 Å². The summed E-state index contributed by atoms with van der Waals surface area (Å²) in [6, 6.07) is 7.94. The maximum absolute atomic E-state index is 12.6. The first kappa shape index (κ1) is 18.1. The largest absolute Gasteiger partial charge is 0.478 e. The number of azide groups is 1. The van der Waals surface area contributed by atoms with Crippen molar-refractivity contribution in [1.82, 2.24) is 10.2 Å². The van der Waals surface area contributed by atoms with Gasteiger partial charge < -0.3 is 10.4 Å². The third-order valence-corrected chi connectivity index (χ3v) is 6.27. The summed E-state index contributed by atoms with van der Waals surface area (Å²) in [5, 5.41) is 15.3. The maximum Gasteiger partial charge on any atom is 0.352 e. The van der Waals surface area contributed by atoms with E-state index in [2.05, 4.69) is 15.3 Å². The lowest BCUT2D eigenvalue weighted by atomic mass is 9.88. The number of rotatable bonds is 5. The smallest absolute Gasteiger partial charge is 0.352 e. The van der Waals surface area contributed by atoms with Crippen LogP contribution in [0.4, 0.5) is 0 Å². The molecule has 0 saturated carbocycles. The van der Waals surface area contributed by atoms with Gasteiger partial charge in [-0.3, -0.25) is 14.5 Å². The molecule has 2 aliphatic heterocycles. The number of β-lactam (4-membered cyclic amide) rings is 1. The Morgan fingerprint density at radius 1 is 1.38 bits per heavy atom. The van der Waals surface area contributed by atoms with E-state index in [1.165, 1.54) is 11.8 Å². The molecule has 0 aliphatic carbocycles. The van der Waals surface area contributed by atoms with Crippen LogP contribution in [-0.4, -0.2) is 49.6 Å². The number of thioether (sulfide) groups is 1. The summed E-state index contributed by atoms with van der Waals surface area (Å²) in [7, 11) is 0. The highest BCUT2D eigenvalue weighted by atomic mass is 32.2. The monoisotopic (exact) mass is 375 g/mol. The van der Waals surface area contributed by atoms with Gasteiger partial charge in [-0.15, -0.1) is 11.8 Å². The minimum absolute atomic E-state index is 0.0108. The molecule has 0 spiro atoms. The normalized spacial score (nSPS) is 28.5. The molecule has 2 N–H and O–H groups in total. The van der Waals surface area contributed by atoms with Crippen LogP contribution in [0.2, 0.25) is 0 Å². The van der Waals surface area contributed by atoms with Crippen molar-refractivity contribution in [2.75, 3.05) is 0 Å². The van der Waals surface area contributed by atoms with Gasteiger partial charge in [0.2, 0.25) is 17.5 Å². The van der Waals surface area contributed by atoms with Crippen molar-refractivity contribution in [3.63, 3.8) is 0 Å². The number of amides is 2. The Morgan fingerprint density at radius 2 is 2.04 bits per heavy atom. The van der Waals surface area contributed by atoms with E-state index in [-0.39, 0.29) is 6.42 Å². The van der Waals surface area contributed by atoms with E-state index in [1.807, 2.05) is 6.07 Å². The quantitative estimate of drug-likeness (QED) is 0.348. The molecule has 2 aliphatic rings. The number of aliphatic carboxylic acids is 1. The molecule has 0 bridgehead atoms. The summed E-state index contributed by atoms with van der Waals surface area (Å²) in [6.45, 7) is 3.29. The average Bonchev–Trinajstić information content (AvgIpc) is 2.79. The SMILES string of the molecule is CC1(C)S[C@@H]2[C@H](N=[N+]=[N-])C(=O)N2[C@@]1(NC(=O)Cc1ccccc1)C(=O)O. The zero-order valence-electron chi connectivity index (χ0n) is 14.1. The first-order valence-corrected chi connectivity index (χ1v) is 8.76. The molecule has 26 heavy (non-hydrogen) atoms. The van der Waals surface area contributed by atoms with E-state index in [0.29, 0.717) is 0 Å². The molecule has 1 aromatic carbocycles. The van der Waals surface area contributed by atoms with Crippen LogP contribution in [0.25, 0.3) is 10.4 Å². The number of hydrogen-bond acceptors (Lipinski definition) is 5. The summed E-state index contributed by atoms with van der Waals surface area (Å²) in [5.74, 6) is -2.44. The van der Waals surface area contributed by atoms with Gasteiger partial charge in [-0.25, -0.2) is 4.79 Å². The molecular formula is C16H17N5O4S. The Balaban J connectivity index is 1.92. The van der Waals surface area contributed by atoms with Crippen LogP contribution in [0.5, 0.6) is 0 Å². The minimum Gasteiger partial charge on any atom is -0.478 e. The van der Waals surface area contributed by atoms with Crippen molar-refractivity contribution in [2.24, 2.45) is 5.11 Å². The summed E-state index contributed by atoms with van der Waals surface area (Å²) in [5.41, 5.74) is 7.43. The van der Waals surface area contributed by atoms with Gasteiger partial charge in [0.1, 0.15) is 6.04 Å². The maximum atomic E-state index is 12.6. The highest BCUT2D eigenvalue weighted by Crippen LogP contribution is 2.56. The lowest BCUT2D eigenvalue weighted by Crippen LogP contribution is -2.78. The van der Waals surface area contributed by atoms with E-state index in [4.69, 9.17) is 5.53 Å². The van der Waals surface area contributed by atoms with Gasteiger partial charge in [0, 0.05) is 4.91 Å². The molecule has 0 unspecified atom stereocenters. The van der Waals surface area contributed by atoms with Crippen LogP contribution < -0.4 is 5.32 Å². The zero-order valence-corrected chi connectivity index (χ0v) is 14.9. The molecule has 136 valence electrons. The highest BCUT2D eigenvalue weighted by molar-refractivity contribution is 8.01. The van der Waals surface area contributed by atoms with Gasteiger partial charge in [-0.1, -0.05) is 35.4 Å². The second kappa shape index (κ2) is 6.22. The van der Waals surface area contributed by atoms with E-state index < -0.39 is 39.6 Å². The molecule has 3 atom stereocenters. The molecule has 0 aromatic heterocycles. The predicted octanol–water partition coefficient (Wildman–Crippen LogP) is 1.50. The Kier molecular flexibility index (Phi) is 4.33. The van der Waals surface area contributed by atoms with Crippen molar-refractivity contribution >= 4 is 29.5 Å². The van der Waals surface area contributed by atoms with E-state index in [1.54, 1.807) is 38.1 Å². The van der Waals surface area contributed by atoms with Crippen LogP contribution in [0.1, 0.15) is 19.4 Å². The molecule has 1 aromatic rings. The molecule has 2 fully saturated rings. The first-order valence-electron chi connectivity index (χ1n) is 7.88.